The molecule has 4 rings (SSSR count). The van der Waals surface area contributed by atoms with Crippen LogP contribution in [0.5, 0.6) is 0 Å². The van der Waals surface area contributed by atoms with E-state index < -0.39 is 16.8 Å². The van der Waals surface area contributed by atoms with Crippen LogP contribution in [0, 0.1) is 19.7 Å². The van der Waals surface area contributed by atoms with Crippen molar-refractivity contribution in [1.29, 1.82) is 0 Å². The van der Waals surface area contributed by atoms with Gasteiger partial charge in [-0.05, 0) is 55.3 Å². The first-order valence-electron chi connectivity index (χ1n) is 9.17. The summed E-state index contributed by atoms with van der Waals surface area (Å²) in [7, 11) is 0.102. The van der Waals surface area contributed by atoms with Crippen LogP contribution < -0.4 is 10.0 Å². The van der Waals surface area contributed by atoms with E-state index in [-0.39, 0.29) is 5.69 Å². The molecule has 0 aliphatic heterocycles. The molecule has 30 heavy (non-hydrogen) atoms. The summed E-state index contributed by atoms with van der Waals surface area (Å²) in [6, 6.07) is 8.34. The largest absolute Gasteiger partial charge is 0.357 e. The number of fused-ring (bicyclic) bond motifs is 1. The van der Waals surface area contributed by atoms with Crippen LogP contribution in [0.1, 0.15) is 11.3 Å². The van der Waals surface area contributed by atoms with E-state index in [1.165, 1.54) is 12.3 Å². The molecule has 0 amide bonds. The molecule has 3 heterocycles. The Hall–Kier alpha value is -3.46. The van der Waals surface area contributed by atoms with E-state index in [9.17, 15) is 8.60 Å². The zero-order valence-corrected chi connectivity index (χ0v) is 17.4. The van der Waals surface area contributed by atoms with Gasteiger partial charge in [-0.1, -0.05) is 0 Å². The third-order valence-corrected chi connectivity index (χ3v) is 5.71. The monoisotopic (exact) mass is 422 g/mol. The Bertz CT molecular complexity index is 1270. The Labute approximate surface area is 175 Å². The quantitative estimate of drug-likeness (QED) is 0.505. The number of aromatic nitrogens is 4. The SMILES string of the molecule is CNc1ncc2cc(-c3cc(NS(=O)c4cccnc4)c(F)cc3C)c(C)nc2n1. The second kappa shape index (κ2) is 8.11. The van der Waals surface area contributed by atoms with Crippen LogP contribution >= 0.6 is 0 Å². The van der Waals surface area contributed by atoms with E-state index in [4.69, 9.17) is 0 Å². The number of hydrogen-bond donors (Lipinski definition) is 2. The number of nitrogens with one attached hydrogen (secondary N) is 2. The summed E-state index contributed by atoms with van der Waals surface area (Å²) >= 11 is 0. The molecular formula is C21H19FN6OS. The van der Waals surface area contributed by atoms with E-state index in [1.54, 1.807) is 37.6 Å². The number of anilines is 2. The maximum atomic E-state index is 14.6. The Balaban J connectivity index is 1.77. The lowest BCUT2D eigenvalue weighted by Gasteiger charge is -2.14. The molecule has 0 saturated carbocycles. The van der Waals surface area contributed by atoms with Crippen molar-refractivity contribution in [2.75, 3.05) is 17.1 Å². The average Bonchev–Trinajstić information content (AvgIpc) is 2.75. The predicted molar refractivity (Wildman–Crippen MR) is 116 cm³/mol. The molecule has 3 aromatic heterocycles. The van der Waals surface area contributed by atoms with Crippen LogP contribution in [0.25, 0.3) is 22.2 Å². The smallest absolute Gasteiger partial charge is 0.224 e. The summed E-state index contributed by atoms with van der Waals surface area (Å²) in [6.45, 7) is 3.70. The summed E-state index contributed by atoms with van der Waals surface area (Å²) in [4.78, 5) is 17.6. The van der Waals surface area contributed by atoms with Crippen molar-refractivity contribution < 1.29 is 8.60 Å². The first-order valence-corrected chi connectivity index (χ1v) is 10.3. The van der Waals surface area contributed by atoms with Gasteiger partial charge in [0.1, 0.15) is 5.82 Å². The van der Waals surface area contributed by atoms with Crippen molar-refractivity contribution in [2.24, 2.45) is 0 Å². The maximum Gasteiger partial charge on any atom is 0.224 e. The van der Waals surface area contributed by atoms with Crippen LogP contribution in [-0.4, -0.2) is 31.2 Å². The minimum Gasteiger partial charge on any atom is -0.357 e. The van der Waals surface area contributed by atoms with E-state index in [1.807, 2.05) is 19.9 Å². The zero-order valence-electron chi connectivity index (χ0n) is 16.6. The van der Waals surface area contributed by atoms with E-state index >= 15 is 0 Å². The van der Waals surface area contributed by atoms with Gasteiger partial charge in [0, 0.05) is 42.3 Å². The summed E-state index contributed by atoms with van der Waals surface area (Å²) in [5.74, 6) is 0.00590. The minimum absolute atomic E-state index is 0.138. The molecule has 7 nitrogen and oxygen atoms in total. The topological polar surface area (TPSA) is 92.7 Å². The Kier molecular flexibility index (Phi) is 5.37. The molecule has 0 aliphatic rings. The van der Waals surface area contributed by atoms with Crippen molar-refractivity contribution >= 4 is 33.7 Å². The Morgan fingerprint density at radius 3 is 2.63 bits per heavy atom. The molecule has 1 atom stereocenters. The maximum absolute atomic E-state index is 14.6. The van der Waals surface area contributed by atoms with Crippen molar-refractivity contribution in [3.05, 3.63) is 66.0 Å². The lowest BCUT2D eigenvalue weighted by Crippen LogP contribution is -2.07. The van der Waals surface area contributed by atoms with E-state index in [0.29, 0.717) is 16.5 Å². The number of hydrogen-bond acceptors (Lipinski definition) is 6. The van der Waals surface area contributed by atoms with Gasteiger partial charge in [-0.3, -0.25) is 9.71 Å². The fraction of sp³-hybridized carbons (Fsp3) is 0.143. The first-order chi connectivity index (χ1) is 14.5. The van der Waals surface area contributed by atoms with Crippen LogP contribution in [0.3, 0.4) is 0 Å². The highest BCUT2D eigenvalue weighted by Crippen LogP contribution is 2.32. The van der Waals surface area contributed by atoms with Gasteiger partial charge in [-0.15, -0.1) is 0 Å². The summed E-state index contributed by atoms with van der Waals surface area (Å²) in [5, 5.41) is 3.66. The van der Waals surface area contributed by atoms with Gasteiger partial charge in [-0.2, -0.15) is 4.98 Å². The number of pyridine rings is 2. The lowest BCUT2D eigenvalue weighted by atomic mass is 9.98. The molecule has 0 spiro atoms. The van der Waals surface area contributed by atoms with Crippen molar-refractivity contribution in [3.8, 4) is 11.1 Å². The first kappa shape index (κ1) is 19.8. The van der Waals surface area contributed by atoms with Crippen LogP contribution in [0.2, 0.25) is 0 Å². The van der Waals surface area contributed by atoms with Crippen LogP contribution in [-0.2, 0) is 11.0 Å². The summed E-state index contributed by atoms with van der Waals surface area (Å²) < 4.78 is 29.9. The molecule has 4 aromatic rings. The average molecular weight is 422 g/mol. The summed E-state index contributed by atoms with van der Waals surface area (Å²) in [6.07, 6.45) is 4.76. The second-order valence-electron chi connectivity index (χ2n) is 6.68. The molecule has 2 N–H and O–H groups in total. The molecule has 152 valence electrons. The number of benzene rings is 1. The van der Waals surface area contributed by atoms with Gasteiger partial charge in [0.15, 0.2) is 16.6 Å². The van der Waals surface area contributed by atoms with Crippen LogP contribution in [0.15, 0.2) is 53.8 Å². The number of aryl methyl sites for hydroxylation is 2. The Morgan fingerprint density at radius 1 is 1.07 bits per heavy atom. The van der Waals surface area contributed by atoms with Crippen molar-refractivity contribution in [1.82, 2.24) is 19.9 Å². The number of nitrogens with zero attached hydrogens (tertiary/aromatic N) is 4. The van der Waals surface area contributed by atoms with Gasteiger partial charge < -0.3 is 5.32 Å². The van der Waals surface area contributed by atoms with Crippen LogP contribution in [0.4, 0.5) is 16.0 Å². The highest BCUT2D eigenvalue weighted by Gasteiger charge is 2.15. The second-order valence-corrected chi connectivity index (χ2v) is 7.90. The van der Waals surface area contributed by atoms with Gasteiger partial charge in [0.05, 0.1) is 10.6 Å². The van der Waals surface area contributed by atoms with E-state index in [2.05, 4.69) is 30.0 Å². The fourth-order valence-electron chi connectivity index (χ4n) is 3.10. The molecule has 0 aliphatic carbocycles. The number of halogens is 1. The number of rotatable bonds is 5. The zero-order chi connectivity index (χ0) is 21.3. The minimum atomic E-state index is -1.64. The third-order valence-electron chi connectivity index (χ3n) is 4.64. The van der Waals surface area contributed by atoms with Gasteiger partial charge in [0.2, 0.25) is 5.95 Å². The molecule has 0 bridgehead atoms. The molecule has 0 fully saturated rings. The lowest BCUT2D eigenvalue weighted by molar-refractivity contribution is 0.630. The predicted octanol–water partition coefficient (Wildman–Crippen LogP) is 4.02. The molecule has 9 heteroatoms. The standard InChI is InChI=1S/C21H19FN6OS/c1-12-7-18(22)19(28-30(29)15-5-4-6-24-11-15)9-16(12)17-8-14-10-25-21(23-3)27-20(14)26-13(17)2/h4-11,28H,1-3H3,(H,23,25,26,27). The van der Waals surface area contributed by atoms with Crippen molar-refractivity contribution in [3.63, 3.8) is 0 Å². The van der Waals surface area contributed by atoms with E-state index in [0.717, 1.165) is 27.8 Å². The Morgan fingerprint density at radius 2 is 1.90 bits per heavy atom. The summed E-state index contributed by atoms with van der Waals surface area (Å²) in [5.41, 5.74) is 3.81. The van der Waals surface area contributed by atoms with Gasteiger partial charge in [0.25, 0.3) is 0 Å². The molecular weight excluding hydrogens is 403 g/mol. The highest BCUT2D eigenvalue weighted by atomic mass is 32.2. The van der Waals surface area contributed by atoms with Crippen molar-refractivity contribution in [2.45, 2.75) is 18.7 Å². The third kappa shape index (κ3) is 3.84. The fourth-order valence-corrected chi connectivity index (χ4v) is 3.94. The van der Waals surface area contributed by atoms with Gasteiger partial charge >= 0.3 is 0 Å². The molecule has 0 saturated heterocycles. The highest BCUT2D eigenvalue weighted by molar-refractivity contribution is 7.86. The molecule has 1 aromatic carbocycles. The normalized spacial score (nSPS) is 12.0. The van der Waals surface area contributed by atoms with Gasteiger partial charge in [-0.25, -0.2) is 18.6 Å². The molecule has 1 unspecified atom stereocenters. The molecule has 0 radical (unpaired) electrons.